The maximum Gasteiger partial charge on any atom is 0.142 e. The Labute approximate surface area is 116 Å². The van der Waals surface area contributed by atoms with E-state index in [-0.39, 0.29) is 5.54 Å². The molecule has 0 aliphatic heterocycles. The summed E-state index contributed by atoms with van der Waals surface area (Å²) in [5, 5.41) is 0. The van der Waals surface area contributed by atoms with Gasteiger partial charge in [-0.3, -0.25) is 4.98 Å². The van der Waals surface area contributed by atoms with Crippen molar-refractivity contribution in [1.82, 2.24) is 4.98 Å². The summed E-state index contributed by atoms with van der Waals surface area (Å²) in [4.78, 5) is 4.56. The van der Waals surface area contributed by atoms with Gasteiger partial charge in [0.1, 0.15) is 11.4 Å². The monoisotopic (exact) mass is 262 g/mol. The molecular formula is C16H26N2O. The quantitative estimate of drug-likeness (QED) is 0.909. The second kappa shape index (κ2) is 5.49. The van der Waals surface area contributed by atoms with Crippen molar-refractivity contribution in [1.29, 1.82) is 0 Å². The predicted octanol–water partition coefficient (Wildman–Crippen LogP) is 3.34. The van der Waals surface area contributed by atoms with Crippen LogP contribution in [0.1, 0.15) is 45.7 Å². The maximum absolute atomic E-state index is 6.85. The largest absolute Gasteiger partial charge is 0.495 e. The number of aromatic nitrogens is 1. The minimum atomic E-state index is -0.363. The molecule has 0 bridgehead atoms. The number of nitrogens with two attached hydrogens (primary N) is 1. The van der Waals surface area contributed by atoms with E-state index in [1.54, 1.807) is 7.11 Å². The summed E-state index contributed by atoms with van der Waals surface area (Å²) in [7, 11) is 1.69. The molecule has 106 valence electrons. The van der Waals surface area contributed by atoms with E-state index in [0.29, 0.717) is 17.8 Å². The van der Waals surface area contributed by atoms with Crippen LogP contribution < -0.4 is 10.5 Å². The summed E-state index contributed by atoms with van der Waals surface area (Å²) in [6.45, 7) is 6.81. The standard InChI is InChI=1S/C16H26N2O/c1-11(2)13-8-7-12(3)10-16(13,17)15-14(19-4)6-5-9-18-15/h5-6,9,11-13H,7-8,10,17H2,1-4H3. The minimum absolute atomic E-state index is 0.363. The lowest BCUT2D eigenvalue weighted by Crippen LogP contribution is -2.50. The van der Waals surface area contributed by atoms with Crippen LogP contribution in [0.4, 0.5) is 0 Å². The molecule has 1 fully saturated rings. The Morgan fingerprint density at radius 1 is 1.42 bits per heavy atom. The highest BCUT2D eigenvalue weighted by atomic mass is 16.5. The fourth-order valence-corrected chi connectivity index (χ4v) is 3.66. The molecule has 3 nitrogen and oxygen atoms in total. The Morgan fingerprint density at radius 3 is 2.79 bits per heavy atom. The van der Waals surface area contributed by atoms with E-state index in [1.807, 2.05) is 18.3 Å². The Balaban J connectivity index is 2.46. The van der Waals surface area contributed by atoms with Crippen LogP contribution in [0.3, 0.4) is 0 Å². The third kappa shape index (κ3) is 2.62. The fourth-order valence-electron chi connectivity index (χ4n) is 3.66. The number of rotatable bonds is 3. The van der Waals surface area contributed by atoms with Crippen molar-refractivity contribution in [3.8, 4) is 5.75 Å². The summed E-state index contributed by atoms with van der Waals surface area (Å²) in [6, 6.07) is 3.87. The first kappa shape index (κ1) is 14.3. The van der Waals surface area contributed by atoms with Crippen LogP contribution >= 0.6 is 0 Å². The summed E-state index contributed by atoms with van der Waals surface area (Å²) < 4.78 is 5.48. The zero-order valence-electron chi connectivity index (χ0n) is 12.5. The number of methoxy groups -OCH3 is 1. The molecule has 0 saturated heterocycles. The number of pyridine rings is 1. The van der Waals surface area contributed by atoms with Crippen molar-refractivity contribution in [2.45, 2.75) is 45.6 Å². The molecule has 1 aromatic rings. The smallest absolute Gasteiger partial charge is 0.142 e. The highest BCUT2D eigenvalue weighted by molar-refractivity contribution is 5.34. The Hall–Kier alpha value is -1.09. The molecule has 1 aliphatic rings. The molecule has 0 radical (unpaired) electrons. The maximum atomic E-state index is 6.85. The van der Waals surface area contributed by atoms with Gasteiger partial charge in [0.15, 0.2) is 0 Å². The molecule has 0 spiro atoms. The SMILES string of the molecule is COc1cccnc1C1(N)CC(C)CCC1C(C)C. The molecule has 1 heterocycles. The van der Waals surface area contributed by atoms with Crippen molar-refractivity contribution >= 4 is 0 Å². The average molecular weight is 262 g/mol. The van der Waals surface area contributed by atoms with Crippen LogP contribution in [0.2, 0.25) is 0 Å². The van der Waals surface area contributed by atoms with Gasteiger partial charge >= 0.3 is 0 Å². The van der Waals surface area contributed by atoms with Crippen LogP contribution in [-0.2, 0) is 5.54 Å². The van der Waals surface area contributed by atoms with Gasteiger partial charge in [-0.2, -0.15) is 0 Å². The molecule has 2 N–H and O–H groups in total. The predicted molar refractivity (Wildman–Crippen MR) is 78.0 cm³/mol. The first-order chi connectivity index (χ1) is 8.99. The summed E-state index contributed by atoms with van der Waals surface area (Å²) in [6.07, 6.45) is 5.25. The molecular weight excluding hydrogens is 236 g/mol. The molecule has 1 saturated carbocycles. The fraction of sp³-hybridized carbons (Fsp3) is 0.688. The highest BCUT2D eigenvalue weighted by Crippen LogP contribution is 2.46. The normalized spacial score (nSPS) is 31.5. The topological polar surface area (TPSA) is 48.1 Å². The first-order valence-electron chi connectivity index (χ1n) is 7.27. The van der Waals surface area contributed by atoms with Crippen LogP contribution in [0.5, 0.6) is 5.75 Å². The minimum Gasteiger partial charge on any atom is -0.495 e. The van der Waals surface area contributed by atoms with E-state index < -0.39 is 0 Å². The van der Waals surface area contributed by atoms with E-state index in [0.717, 1.165) is 17.9 Å². The second-order valence-corrected chi connectivity index (χ2v) is 6.33. The van der Waals surface area contributed by atoms with Gasteiger partial charge in [0.2, 0.25) is 0 Å². The molecule has 1 aromatic heterocycles. The van der Waals surface area contributed by atoms with Crippen LogP contribution in [0.15, 0.2) is 18.3 Å². The van der Waals surface area contributed by atoms with Gasteiger partial charge < -0.3 is 10.5 Å². The number of hydrogen-bond donors (Lipinski definition) is 1. The third-order valence-corrected chi connectivity index (χ3v) is 4.55. The Bertz CT molecular complexity index is 433. The van der Waals surface area contributed by atoms with Gasteiger partial charge in [0.25, 0.3) is 0 Å². The van der Waals surface area contributed by atoms with Gasteiger partial charge in [-0.25, -0.2) is 0 Å². The highest BCUT2D eigenvalue weighted by Gasteiger charge is 2.45. The Kier molecular flexibility index (Phi) is 4.14. The molecule has 1 aliphatic carbocycles. The number of ether oxygens (including phenoxy) is 1. The van der Waals surface area contributed by atoms with E-state index in [1.165, 1.54) is 12.8 Å². The van der Waals surface area contributed by atoms with E-state index in [4.69, 9.17) is 10.5 Å². The lowest BCUT2D eigenvalue weighted by Gasteiger charge is -2.45. The zero-order chi connectivity index (χ0) is 14.0. The molecule has 3 heteroatoms. The van der Waals surface area contributed by atoms with Gasteiger partial charge in [-0.1, -0.05) is 27.2 Å². The van der Waals surface area contributed by atoms with Gasteiger partial charge in [0, 0.05) is 6.20 Å². The van der Waals surface area contributed by atoms with Gasteiger partial charge in [0.05, 0.1) is 12.6 Å². The van der Waals surface area contributed by atoms with E-state index in [9.17, 15) is 0 Å². The molecule has 0 aromatic carbocycles. The van der Waals surface area contributed by atoms with E-state index in [2.05, 4.69) is 25.8 Å². The van der Waals surface area contributed by atoms with Crippen molar-refractivity contribution in [2.24, 2.45) is 23.5 Å². The average Bonchev–Trinajstić information content (AvgIpc) is 2.38. The van der Waals surface area contributed by atoms with Crippen molar-refractivity contribution in [3.63, 3.8) is 0 Å². The first-order valence-corrected chi connectivity index (χ1v) is 7.27. The summed E-state index contributed by atoms with van der Waals surface area (Å²) >= 11 is 0. The lowest BCUT2D eigenvalue weighted by molar-refractivity contribution is 0.102. The van der Waals surface area contributed by atoms with Crippen LogP contribution in [-0.4, -0.2) is 12.1 Å². The summed E-state index contributed by atoms with van der Waals surface area (Å²) in [5.41, 5.74) is 7.42. The van der Waals surface area contributed by atoms with Crippen molar-refractivity contribution in [3.05, 3.63) is 24.0 Å². The number of hydrogen-bond acceptors (Lipinski definition) is 3. The molecule has 3 unspecified atom stereocenters. The molecule has 3 atom stereocenters. The zero-order valence-corrected chi connectivity index (χ0v) is 12.5. The van der Waals surface area contributed by atoms with Crippen molar-refractivity contribution < 1.29 is 4.74 Å². The lowest BCUT2D eigenvalue weighted by atomic mass is 9.64. The Morgan fingerprint density at radius 2 is 2.16 bits per heavy atom. The van der Waals surface area contributed by atoms with Gasteiger partial charge in [-0.15, -0.1) is 0 Å². The molecule has 0 amide bonds. The van der Waals surface area contributed by atoms with E-state index >= 15 is 0 Å². The third-order valence-electron chi connectivity index (χ3n) is 4.55. The van der Waals surface area contributed by atoms with Crippen molar-refractivity contribution in [2.75, 3.05) is 7.11 Å². The number of nitrogens with zero attached hydrogens (tertiary/aromatic N) is 1. The van der Waals surface area contributed by atoms with Gasteiger partial charge in [-0.05, 0) is 42.7 Å². The molecule has 2 rings (SSSR count). The van der Waals surface area contributed by atoms with Crippen LogP contribution in [0, 0.1) is 17.8 Å². The molecule has 19 heavy (non-hydrogen) atoms. The summed E-state index contributed by atoms with van der Waals surface area (Å²) in [5.74, 6) is 2.49. The second-order valence-electron chi connectivity index (χ2n) is 6.33. The van der Waals surface area contributed by atoms with Crippen LogP contribution in [0.25, 0.3) is 0 Å².